The maximum absolute atomic E-state index is 12.8. The molecule has 10 nitrogen and oxygen atoms in total. The molecule has 10 heteroatoms. The molecule has 2 amide bonds. The van der Waals surface area contributed by atoms with Crippen molar-refractivity contribution >= 4 is 40.4 Å². The molecule has 0 radical (unpaired) electrons. The molecular formula is C27H31N5O5. The van der Waals surface area contributed by atoms with Gasteiger partial charge in [0.15, 0.2) is 0 Å². The summed E-state index contributed by atoms with van der Waals surface area (Å²) in [5.41, 5.74) is 1.02. The summed E-state index contributed by atoms with van der Waals surface area (Å²) in [5.74, 6) is -0.195. The van der Waals surface area contributed by atoms with Gasteiger partial charge in [0.05, 0.1) is 17.2 Å². The Balaban J connectivity index is 1.56. The second-order valence-corrected chi connectivity index (χ2v) is 9.46. The highest BCUT2D eigenvalue weighted by Gasteiger charge is 2.28. The summed E-state index contributed by atoms with van der Waals surface area (Å²) in [6, 6.07) is 12.4. The number of nitrogens with one attached hydrogen (secondary N) is 2. The predicted octanol–water partition coefficient (Wildman–Crippen LogP) is 4.70. The Labute approximate surface area is 215 Å². The number of ether oxygens (including phenoxy) is 1. The number of amides is 2. The van der Waals surface area contributed by atoms with Crippen LogP contribution in [0.4, 0.5) is 16.4 Å². The van der Waals surface area contributed by atoms with E-state index in [9.17, 15) is 19.5 Å². The smallest absolute Gasteiger partial charge is 0.407 e. The number of pyridine rings is 2. The molecule has 3 heterocycles. The van der Waals surface area contributed by atoms with Crippen LogP contribution in [0.1, 0.15) is 55.8 Å². The molecule has 0 aliphatic carbocycles. The molecule has 1 saturated heterocycles. The molecule has 3 N–H and O–H groups in total. The zero-order valence-corrected chi connectivity index (χ0v) is 21.1. The van der Waals surface area contributed by atoms with Crippen molar-refractivity contribution in [2.45, 2.75) is 45.8 Å². The highest BCUT2D eigenvalue weighted by atomic mass is 16.5. The number of benzene rings is 1. The number of hydrogen-bond donors (Lipinski definition) is 3. The first-order valence-electron chi connectivity index (χ1n) is 12.3. The third-order valence-electron chi connectivity index (χ3n) is 6.18. The summed E-state index contributed by atoms with van der Waals surface area (Å²) in [6.45, 7) is 6.34. The summed E-state index contributed by atoms with van der Waals surface area (Å²) in [7, 11) is 0. The molecule has 0 saturated carbocycles. The molecule has 0 bridgehead atoms. The first kappa shape index (κ1) is 25.9. The minimum atomic E-state index is -1.02. The van der Waals surface area contributed by atoms with Crippen molar-refractivity contribution in [3.8, 4) is 0 Å². The standard InChI is InChI=1S/C27H31N5O5/c1-16(2)29-24-21-13-23(31-25(33)19-10-7-11-32(15-19)27(35)36)28-14-20(21)12-22(30-24)17(3)37-26(34)18-8-5-4-6-9-18/h4-6,8-9,12-14,16-17,19H,7,10-11,15H2,1-3H3,(H,29,30)(H,35,36)(H,28,31,33)/t17-,19-/m1/s1. The highest BCUT2D eigenvalue weighted by Crippen LogP contribution is 2.29. The van der Waals surface area contributed by atoms with Gasteiger partial charge in [-0.05, 0) is 57.9 Å². The van der Waals surface area contributed by atoms with Crippen LogP contribution in [0.2, 0.25) is 0 Å². The zero-order valence-electron chi connectivity index (χ0n) is 21.1. The van der Waals surface area contributed by atoms with Crippen LogP contribution >= 0.6 is 0 Å². The lowest BCUT2D eigenvalue weighted by Crippen LogP contribution is -2.43. The van der Waals surface area contributed by atoms with Gasteiger partial charge in [0.25, 0.3) is 0 Å². The molecule has 0 unspecified atom stereocenters. The van der Waals surface area contributed by atoms with E-state index in [4.69, 9.17) is 9.72 Å². The number of rotatable bonds is 7. The van der Waals surface area contributed by atoms with Gasteiger partial charge in [-0.15, -0.1) is 0 Å². The molecule has 1 aliphatic heterocycles. The van der Waals surface area contributed by atoms with Gasteiger partial charge in [0, 0.05) is 36.1 Å². The summed E-state index contributed by atoms with van der Waals surface area (Å²) < 4.78 is 5.65. The van der Waals surface area contributed by atoms with E-state index in [0.29, 0.717) is 42.3 Å². The summed E-state index contributed by atoms with van der Waals surface area (Å²) in [4.78, 5) is 47.1. The van der Waals surface area contributed by atoms with Crippen LogP contribution in [-0.2, 0) is 9.53 Å². The summed E-state index contributed by atoms with van der Waals surface area (Å²) >= 11 is 0. The van der Waals surface area contributed by atoms with Crippen molar-refractivity contribution in [2.75, 3.05) is 23.7 Å². The Morgan fingerprint density at radius 3 is 2.59 bits per heavy atom. The van der Waals surface area contributed by atoms with Crippen LogP contribution in [0.3, 0.4) is 0 Å². The molecule has 3 aromatic rings. The topological polar surface area (TPSA) is 134 Å². The molecule has 1 aromatic carbocycles. The Morgan fingerprint density at radius 2 is 1.89 bits per heavy atom. The number of nitrogens with zero attached hydrogens (tertiary/aromatic N) is 3. The van der Waals surface area contributed by atoms with Crippen LogP contribution < -0.4 is 10.6 Å². The number of anilines is 2. The van der Waals surface area contributed by atoms with Crippen LogP contribution in [0, 0.1) is 5.92 Å². The lowest BCUT2D eigenvalue weighted by molar-refractivity contribution is -0.121. The Kier molecular flexibility index (Phi) is 7.86. The molecule has 1 fully saturated rings. The summed E-state index contributed by atoms with van der Waals surface area (Å²) in [6.07, 6.45) is 1.27. The fraction of sp³-hybridized carbons (Fsp3) is 0.370. The third-order valence-corrected chi connectivity index (χ3v) is 6.18. The molecule has 4 rings (SSSR count). The number of likely N-dealkylation sites (tertiary alicyclic amines) is 1. The SMILES string of the molecule is CC(C)Nc1nc([C@@H](C)OC(=O)c2ccccc2)cc2cnc(NC(=O)[C@@H]3CCCN(C(=O)O)C3)cc12. The molecule has 0 spiro atoms. The maximum atomic E-state index is 12.8. The van der Waals surface area contributed by atoms with Crippen molar-refractivity contribution in [3.05, 3.63) is 59.9 Å². The normalized spacial score (nSPS) is 16.3. The van der Waals surface area contributed by atoms with Gasteiger partial charge in [-0.3, -0.25) is 4.79 Å². The van der Waals surface area contributed by atoms with E-state index in [1.165, 1.54) is 4.90 Å². The van der Waals surface area contributed by atoms with E-state index in [2.05, 4.69) is 15.6 Å². The number of aromatic nitrogens is 2. The van der Waals surface area contributed by atoms with Gasteiger partial charge >= 0.3 is 12.1 Å². The maximum Gasteiger partial charge on any atom is 0.407 e. The monoisotopic (exact) mass is 505 g/mol. The molecule has 194 valence electrons. The molecule has 37 heavy (non-hydrogen) atoms. The van der Waals surface area contributed by atoms with E-state index in [1.807, 2.05) is 26.0 Å². The summed E-state index contributed by atoms with van der Waals surface area (Å²) in [5, 5.41) is 16.9. The zero-order chi connectivity index (χ0) is 26.5. The van der Waals surface area contributed by atoms with E-state index in [0.717, 1.165) is 10.8 Å². The van der Waals surface area contributed by atoms with Gasteiger partial charge < -0.3 is 25.4 Å². The van der Waals surface area contributed by atoms with Crippen molar-refractivity contribution in [2.24, 2.45) is 5.92 Å². The van der Waals surface area contributed by atoms with Crippen molar-refractivity contribution < 1.29 is 24.2 Å². The highest BCUT2D eigenvalue weighted by molar-refractivity contribution is 5.97. The third kappa shape index (κ3) is 6.32. The number of fused-ring (bicyclic) bond motifs is 1. The minimum Gasteiger partial charge on any atom is -0.465 e. The number of esters is 1. The number of piperidine rings is 1. The Bertz CT molecular complexity index is 1300. The number of hydrogen-bond acceptors (Lipinski definition) is 7. The Morgan fingerprint density at radius 1 is 1.14 bits per heavy atom. The fourth-order valence-corrected chi connectivity index (χ4v) is 4.28. The second-order valence-electron chi connectivity index (χ2n) is 9.46. The van der Waals surface area contributed by atoms with Gasteiger partial charge in [-0.1, -0.05) is 18.2 Å². The van der Waals surface area contributed by atoms with E-state index >= 15 is 0 Å². The lowest BCUT2D eigenvalue weighted by atomic mass is 9.97. The van der Waals surface area contributed by atoms with Gasteiger partial charge in [-0.2, -0.15) is 0 Å². The number of carbonyl (C=O) groups excluding carboxylic acids is 2. The average Bonchev–Trinajstić information content (AvgIpc) is 2.89. The van der Waals surface area contributed by atoms with Crippen molar-refractivity contribution in [3.63, 3.8) is 0 Å². The number of carbonyl (C=O) groups is 3. The number of carboxylic acid groups (broad SMARTS) is 1. The molecule has 1 aliphatic rings. The molecule has 2 atom stereocenters. The van der Waals surface area contributed by atoms with E-state index in [-0.39, 0.29) is 18.5 Å². The van der Waals surface area contributed by atoms with Gasteiger partial charge in [-0.25, -0.2) is 19.6 Å². The largest absolute Gasteiger partial charge is 0.465 e. The van der Waals surface area contributed by atoms with Crippen LogP contribution in [0.15, 0.2) is 48.7 Å². The second kappa shape index (κ2) is 11.2. The van der Waals surface area contributed by atoms with E-state index < -0.39 is 24.1 Å². The Hall–Kier alpha value is -4.21. The lowest BCUT2D eigenvalue weighted by Gasteiger charge is -2.29. The van der Waals surface area contributed by atoms with Crippen molar-refractivity contribution in [1.29, 1.82) is 0 Å². The van der Waals surface area contributed by atoms with E-state index in [1.54, 1.807) is 43.5 Å². The quantitative estimate of drug-likeness (QED) is 0.394. The fourth-order valence-electron chi connectivity index (χ4n) is 4.28. The average molecular weight is 506 g/mol. The van der Waals surface area contributed by atoms with Crippen LogP contribution in [-0.4, -0.2) is 57.1 Å². The molecule has 2 aromatic heterocycles. The predicted molar refractivity (Wildman–Crippen MR) is 140 cm³/mol. The van der Waals surface area contributed by atoms with Gasteiger partial charge in [0.2, 0.25) is 5.91 Å². The van der Waals surface area contributed by atoms with Crippen LogP contribution in [0.25, 0.3) is 10.8 Å². The first-order valence-corrected chi connectivity index (χ1v) is 12.3. The minimum absolute atomic E-state index is 0.0728. The van der Waals surface area contributed by atoms with Crippen LogP contribution in [0.5, 0.6) is 0 Å². The molecular weight excluding hydrogens is 474 g/mol. The van der Waals surface area contributed by atoms with Crippen molar-refractivity contribution in [1.82, 2.24) is 14.9 Å². The van der Waals surface area contributed by atoms with Gasteiger partial charge in [0.1, 0.15) is 17.7 Å². The first-order chi connectivity index (χ1) is 17.7.